The molecule has 1 atom stereocenters. The number of hydrogen-bond donors (Lipinski definition) is 0. The molecule has 0 saturated carbocycles. The Morgan fingerprint density at radius 2 is 1.52 bits per heavy atom. The maximum absolute atomic E-state index is 4.89. The van der Waals surface area contributed by atoms with Crippen LogP contribution in [0.3, 0.4) is 0 Å². The molecule has 3 aromatic carbocycles. The average Bonchev–Trinajstić information content (AvgIpc) is 3.29. The Morgan fingerprint density at radius 3 is 2.34 bits per heavy atom. The quantitative estimate of drug-likeness (QED) is 0.294. The van der Waals surface area contributed by atoms with E-state index in [1.807, 2.05) is 18.0 Å². The number of fused-ring (bicyclic) bond motifs is 9. The molecule has 0 N–H and O–H groups in total. The lowest BCUT2D eigenvalue weighted by Gasteiger charge is -2.40. The molecule has 2 nitrogen and oxygen atoms in total. The second-order valence-electron chi connectivity index (χ2n) is 8.94. The van der Waals surface area contributed by atoms with E-state index in [1.165, 1.54) is 43.3 Å². The minimum atomic E-state index is -0.423. The summed E-state index contributed by atoms with van der Waals surface area (Å²) in [5.41, 5.74) is 7.46. The molecule has 1 aromatic heterocycles. The van der Waals surface area contributed by atoms with E-state index in [-0.39, 0.29) is 5.41 Å². The molecule has 4 aromatic rings. The van der Waals surface area contributed by atoms with Crippen molar-refractivity contribution >= 4 is 11.8 Å². The van der Waals surface area contributed by atoms with E-state index in [0.29, 0.717) is 0 Å². The molecular weight excluding hydrogens is 372 g/mol. The number of hydrogen-bond acceptors (Lipinski definition) is 2. The molecule has 2 aliphatic rings. The highest BCUT2D eigenvalue weighted by Crippen LogP contribution is 2.58. The summed E-state index contributed by atoms with van der Waals surface area (Å²) in [6, 6.07) is 26.8. The predicted molar refractivity (Wildman–Crippen MR) is 119 cm³/mol. The molecule has 1 spiro atoms. The molecule has 2 aliphatic heterocycles. The molecule has 29 heavy (non-hydrogen) atoms. The first-order chi connectivity index (χ1) is 14.0. The summed E-state index contributed by atoms with van der Waals surface area (Å²) in [7, 11) is 0. The van der Waals surface area contributed by atoms with Crippen molar-refractivity contribution in [2.75, 3.05) is 0 Å². The number of benzene rings is 3. The lowest BCUT2D eigenvalue weighted by molar-refractivity contribution is 0.464. The van der Waals surface area contributed by atoms with Gasteiger partial charge in [-0.05, 0) is 34.7 Å². The van der Waals surface area contributed by atoms with E-state index in [9.17, 15) is 0 Å². The molecule has 6 rings (SSSR count). The fraction of sp³-hybridized carbons (Fsp3) is 0.192. The number of aromatic nitrogens is 2. The molecule has 0 saturated heterocycles. The van der Waals surface area contributed by atoms with Crippen LogP contribution < -0.4 is 0 Å². The maximum atomic E-state index is 4.89. The molecule has 1 unspecified atom stereocenters. The first-order valence-electron chi connectivity index (χ1n) is 10.1. The highest BCUT2D eigenvalue weighted by molar-refractivity contribution is 7.99. The van der Waals surface area contributed by atoms with Crippen LogP contribution in [0.15, 0.2) is 88.8 Å². The molecule has 3 heteroatoms. The van der Waals surface area contributed by atoms with Crippen LogP contribution in [0.1, 0.15) is 43.0 Å². The molecule has 0 radical (unpaired) electrons. The summed E-state index contributed by atoms with van der Waals surface area (Å²) in [5, 5.41) is 4.89. The van der Waals surface area contributed by atoms with Gasteiger partial charge in [-0.3, -0.25) is 0 Å². The van der Waals surface area contributed by atoms with Gasteiger partial charge < -0.3 is 0 Å². The summed E-state index contributed by atoms with van der Waals surface area (Å²) < 4.78 is 2.25. The molecule has 0 fully saturated rings. The number of nitrogens with zero attached hydrogens (tertiary/aromatic N) is 2. The summed E-state index contributed by atoms with van der Waals surface area (Å²) >= 11 is 1.87. The smallest absolute Gasteiger partial charge is 0.141 e. The Morgan fingerprint density at radius 1 is 0.793 bits per heavy atom. The van der Waals surface area contributed by atoms with Crippen LogP contribution in [-0.2, 0) is 11.0 Å². The van der Waals surface area contributed by atoms with Crippen LogP contribution in [0.5, 0.6) is 0 Å². The topological polar surface area (TPSA) is 17.8 Å². The third kappa shape index (κ3) is 2.11. The number of rotatable bonds is 0. The second kappa shape index (κ2) is 5.64. The zero-order chi connectivity index (χ0) is 19.8. The van der Waals surface area contributed by atoms with Crippen LogP contribution in [0, 0.1) is 0 Å². The lowest BCUT2D eigenvalue weighted by Crippen LogP contribution is -2.38. The van der Waals surface area contributed by atoms with Gasteiger partial charge in [0.15, 0.2) is 0 Å². The Bertz CT molecular complexity index is 1280. The zero-order valence-electron chi connectivity index (χ0n) is 16.8. The van der Waals surface area contributed by atoms with E-state index in [0.717, 1.165) is 0 Å². The van der Waals surface area contributed by atoms with Gasteiger partial charge in [0.1, 0.15) is 5.54 Å². The van der Waals surface area contributed by atoms with Crippen LogP contribution >= 0.6 is 11.8 Å². The highest BCUT2D eigenvalue weighted by atomic mass is 32.2. The minimum absolute atomic E-state index is 0.0862. The predicted octanol–water partition coefficient (Wildman–Crippen LogP) is 6.47. The first kappa shape index (κ1) is 17.1. The van der Waals surface area contributed by atoms with E-state index >= 15 is 0 Å². The molecule has 0 aliphatic carbocycles. The van der Waals surface area contributed by atoms with Crippen molar-refractivity contribution in [2.24, 2.45) is 0 Å². The largest absolute Gasteiger partial charge is 0.245 e. The molecular formula is C26H22N2S. The van der Waals surface area contributed by atoms with Gasteiger partial charge >= 0.3 is 0 Å². The first-order valence-corrected chi connectivity index (χ1v) is 10.9. The molecule has 3 heterocycles. The van der Waals surface area contributed by atoms with Gasteiger partial charge in [-0.1, -0.05) is 87.1 Å². The Kier molecular flexibility index (Phi) is 3.33. The van der Waals surface area contributed by atoms with Crippen LogP contribution in [0.2, 0.25) is 0 Å². The van der Waals surface area contributed by atoms with Crippen molar-refractivity contribution in [3.8, 4) is 11.3 Å². The summed E-state index contributed by atoms with van der Waals surface area (Å²) in [6.45, 7) is 6.85. The van der Waals surface area contributed by atoms with Gasteiger partial charge in [0, 0.05) is 32.7 Å². The second-order valence-corrected chi connectivity index (χ2v) is 10.0. The Balaban J connectivity index is 1.80. The fourth-order valence-electron chi connectivity index (χ4n) is 4.92. The van der Waals surface area contributed by atoms with Crippen molar-refractivity contribution in [1.82, 2.24) is 9.78 Å². The monoisotopic (exact) mass is 394 g/mol. The van der Waals surface area contributed by atoms with Crippen LogP contribution in [0.4, 0.5) is 0 Å². The third-order valence-electron chi connectivity index (χ3n) is 6.29. The minimum Gasteiger partial charge on any atom is -0.245 e. The average molecular weight is 395 g/mol. The summed E-state index contributed by atoms with van der Waals surface area (Å²) in [6.07, 6.45) is 1.94. The van der Waals surface area contributed by atoms with Crippen LogP contribution in [-0.4, -0.2) is 9.78 Å². The maximum Gasteiger partial charge on any atom is 0.141 e. The van der Waals surface area contributed by atoms with Crippen molar-refractivity contribution in [3.05, 3.63) is 101 Å². The summed E-state index contributed by atoms with van der Waals surface area (Å²) in [5.74, 6) is 0. The Labute approximate surface area is 175 Å². The van der Waals surface area contributed by atoms with Gasteiger partial charge in [0.05, 0.1) is 5.69 Å². The zero-order valence-corrected chi connectivity index (χ0v) is 17.6. The normalized spacial score (nSPS) is 18.9. The van der Waals surface area contributed by atoms with E-state index in [2.05, 4.69) is 98.2 Å². The van der Waals surface area contributed by atoms with Gasteiger partial charge in [0.25, 0.3) is 0 Å². The van der Waals surface area contributed by atoms with Gasteiger partial charge in [-0.25, -0.2) is 4.68 Å². The SMILES string of the molecule is CC(C)(C)c1ccc2c(c1)C1(c3ccccc3S2)c2ccccc2-c2ccnn21. The van der Waals surface area contributed by atoms with E-state index in [1.54, 1.807) is 0 Å². The molecule has 0 amide bonds. The van der Waals surface area contributed by atoms with E-state index < -0.39 is 5.54 Å². The van der Waals surface area contributed by atoms with Crippen molar-refractivity contribution < 1.29 is 0 Å². The standard InChI is InChI=1S/C26H22N2S/c1-25(2,3)17-12-13-24-21(16-17)26(20-10-6-7-11-23(20)29-24)19-9-5-4-8-18(19)22-14-15-27-28(22)26/h4-16H,1-3H3. The highest BCUT2D eigenvalue weighted by Gasteiger charge is 2.51. The van der Waals surface area contributed by atoms with Crippen molar-refractivity contribution in [3.63, 3.8) is 0 Å². The van der Waals surface area contributed by atoms with Gasteiger partial charge in [-0.15, -0.1) is 0 Å². The van der Waals surface area contributed by atoms with E-state index in [4.69, 9.17) is 5.10 Å². The molecule has 0 bridgehead atoms. The lowest BCUT2D eigenvalue weighted by atomic mass is 9.75. The Hall–Kier alpha value is -2.78. The van der Waals surface area contributed by atoms with Crippen molar-refractivity contribution in [2.45, 2.75) is 41.5 Å². The van der Waals surface area contributed by atoms with Gasteiger partial charge in [-0.2, -0.15) is 5.10 Å². The van der Waals surface area contributed by atoms with Crippen LogP contribution in [0.25, 0.3) is 11.3 Å². The molecule has 142 valence electrons. The fourth-order valence-corrected chi connectivity index (χ4v) is 6.08. The third-order valence-corrected chi connectivity index (χ3v) is 7.44. The van der Waals surface area contributed by atoms with Gasteiger partial charge in [0.2, 0.25) is 0 Å². The van der Waals surface area contributed by atoms with Crippen molar-refractivity contribution in [1.29, 1.82) is 0 Å². The summed E-state index contributed by atoms with van der Waals surface area (Å²) in [4.78, 5) is 2.62.